The van der Waals surface area contributed by atoms with Crippen molar-refractivity contribution in [2.45, 2.75) is 31.7 Å². The molecule has 1 aromatic carbocycles. The molecule has 4 nitrogen and oxygen atoms in total. The van der Waals surface area contributed by atoms with Gasteiger partial charge in [-0.15, -0.1) is 11.8 Å². The average molecular weight is 315 g/mol. The van der Waals surface area contributed by atoms with Gasteiger partial charge in [0.2, 0.25) is 0 Å². The molecule has 1 amide bonds. The summed E-state index contributed by atoms with van der Waals surface area (Å²) in [4.78, 5) is 24.8. The number of rotatable bonds is 3. The quantitative estimate of drug-likeness (QED) is 0.931. The molecule has 2 rings (SSSR count). The lowest BCUT2D eigenvalue weighted by atomic mass is 10.1. The van der Waals surface area contributed by atoms with Gasteiger partial charge in [-0.05, 0) is 25.0 Å². The number of nitrogens with zero attached hydrogens (tertiary/aromatic N) is 1. The number of thioether (sulfide) groups is 1. The number of carbonyl (C=O) groups is 2. The minimum Gasteiger partial charge on any atom is -0.480 e. The van der Waals surface area contributed by atoms with Crippen molar-refractivity contribution in [1.29, 1.82) is 0 Å². The van der Waals surface area contributed by atoms with Crippen LogP contribution in [0.1, 0.15) is 29.3 Å². The van der Waals surface area contributed by atoms with E-state index in [0.29, 0.717) is 6.42 Å². The Kier molecular flexibility index (Phi) is 4.51. The van der Waals surface area contributed by atoms with Gasteiger partial charge >= 0.3 is 5.97 Å². The molecule has 1 aliphatic rings. The summed E-state index contributed by atoms with van der Waals surface area (Å²) in [5.41, 5.74) is -0.534. The Hall–Kier alpha value is -1.63. The van der Waals surface area contributed by atoms with E-state index in [1.165, 1.54) is 24.8 Å². The summed E-state index contributed by atoms with van der Waals surface area (Å²) in [5.74, 6) is -3.76. The standard InChI is InChI=1S/C14H15F2NO3S/c1-3-10-17(9(6-21-10)14(19)20)13(18)11-8(15)5-4-7(2)12(11)16/h4-5,9-10H,3,6H2,1-2H3,(H,19,20). The van der Waals surface area contributed by atoms with Crippen LogP contribution in [0.4, 0.5) is 8.78 Å². The molecule has 1 fully saturated rings. The summed E-state index contributed by atoms with van der Waals surface area (Å²) in [5, 5.41) is 8.80. The van der Waals surface area contributed by atoms with Crippen LogP contribution in [0.5, 0.6) is 0 Å². The second-order valence-corrected chi connectivity index (χ2v) is 6.03. The molecule has 2 atom stereocenters. The van der Waals surface area contributed by atoms with Crippen molar-refractivity contribution in [3.63, 3.8) is 0 Å². The number of carboxylic acid groups (broad SMARTS) is 1. The number of aryl methyl sites for hydroxylation is 1. The number of carboxylic acids is 1. The third-order valence-corrected chi connectivity index (χ3v) is 4.91. The molecule has 2 unspecified atom stereocenters. The van der Waals surface area contributed by atoms with E-state index in [-0.39, 0.29) is 11.3 Å². The molecule has 1 saturated heterocycles. The van der Waals surface area contributed by atoms with Crippen LogP contribution in [0.15, 0.2) is 12.1 Å². The highest BCUT2D eigenvalue weighted by Crippen LogP contribution is 2.33. The lowest BCUT2D eigenvalue weighted by Crippen LogP contribution is -2.46. The topological polar surface area (TPSA) is 57.6 Å². The fraction of sp³-hybridized carbons (Fsp3) is 0.429. The van der Waals surface area contributed by atoms with Gasteiger partial charge in [0.15, 0.2) is 0 Å². The highest BCUT2D eigenvalue weighted by atomic mass is 32.2. The Morgan fingerprint density at radius 2 is 2.10 bits per heavy atom. The normalized spacial score (nSPS) is 21.6. The summed E-state index contributed by atoms with van der Waals surface area (Å²) in [7, 11) is 0. The monoisotopic (exact) mass is 315 g/mol. The van der Waals surface area contributed by atoms with Crippen molar-refractivity contribution in [2.75, 3.05) is 5.75 Å². The number of halogens is 2. The third-order valence-electron chi connectivity index (χ3n) is 3.46. The van der Waals surface area contributed by atoms with E-state index in [4.69, 9.17) is 0 Å². The number of hydrogen-bond acceptors (Lipinski definition) is 3. The first kappa shape index (κ1) is 15.8. The predicted molar refractivity (Wildman–Crippen MR) is 75.2 cm³/mol. The van der Waals surface area contributed by atoms with Crippen LogP contribution in [0, 0.1) is 18.6 Å². The Labute approximate surface area is 125 Å². The SMILES string of the molecule is CCC1SCC(C(=O)O)N1C(=O)c1c(F)ccc(C)c1F. The highest BCUT2D eigenvalue weighted by Gasteiger charge is 2.42. The third kappa shape index (κ3) is 2.74. The van der Waals surface area contributed by atoms with Crippen molar-refractivity contribution in [1.82, 2.24) is 4.90 Å². The van der Waals surface area contributed by atoms with Crippen LogP contribution in [-0.4, -0.2) is 39.1 Å². The van der Waals surface area contributed by atoms with Crippen LogP contribution < -0.4 is 0 Å². The molecular weight excluding hydrogens is 300 g/mol. The largest absolute Gasteiger partial charge is 0.480 e. The van der Waals surface area contributed by atoms with Crippen molar-refractivity contribution < 1.29 is 23.5 Å². The maximum Gasteiger partial charge on any atom is 0.327 e. The number of benzene rings is 1. The Morgan fingerprint density at radius 3 is 2.67 bits per heavy atom. The molecule has 0 aliphatic carbocycles. The van der Waals surface area contributed by atoms with Crippen LogP contribution in [0.3, 0.4) is 0 Å². The summed E-state index contributed by atoms with van der Waals surface area (Å²) in [6.45, 7) is 3.22. The maximum atomic E-state index is 14.1. The molecule has 1 N–H and O–H groups in total. The minimum atomic E-state index is -1.17. The Bertz CT molecular complexity index is 594. The first-order valence-electron chi connectivity index (χ1n) is 6.50. The van der Waals surface area contributed by atoms with Crippen molar-refractivity contribution in [3.05, 3.63) is 34.9 Å². The molecule has 21 heavy (non-hydrogen) atoms. The first-order chi connectivity index (χ1) is 9.88. The molecule has 1 aromatic rings. The number of amides is 1. The van der Waals surface area contributed by atoms with Crippen LogP contribution in [-0.2, 0) is 4.79 Å². The van der Waals surface area contributed by atoms with E-state index >= 15 is 0 Å². The molecule has 114 valence electrons. The van der Waals surface area contributed by atoms with E-state index in [1.807, 2.05) is 0 Å². The van der Waals surface area contributed by atoms with E-state index in [9.17, 15) is 23.5 Å². The summed E-state index contributed by atoms with van der Waals surface area (Å²) >= 11 is 1.31. The van der Waals surface area contributed by atoms with E-state index < -0.39 is 40.5 Å². The van der Waals surface area contributed by atoms with Gasteiger partial charge in [-0.3, -0.25) is 4.79 Å². The molecule has 0 bridgehead atoms. The van der Waals surface area contributed by atoms with Gasteiger partial charge in [-0.2, -0.15) is 0 Å². The smallest absolute Gasteiger partial charge is 0.327 e. The average Bonchev–Trinajstić information content (AvgIpc) is 2.87. The number of carbonyl (C=O) groups excluding carboxylic acids is 1. The zero-order valence-corrected chi connectivity index (χ0v) is 12.4. The lowest BCUT2D eigenvalue weighted by Gasteiger charge is -2.27. The first-order valence-corrected chi connectivity index (χ1v) is 7.55. The van der Waals surface area contributed by atoms with Gasteiger partial charge in [0, 0.05) is 5.75 Å². The Balaban J connectivity index is 2.46. The van der Waals surface area contributed by atoms with Crippen molar-refractivity contribution in [2.24, 2.45) is 0 Å². The molecule has 1 heterocycles. The molecular formula is C14H15F2NO3S. The summed E-state index contributed by atoms with van der Waals surface area (Å²) in [6, 6.07) is 1.20. The molecule has 0 spiro atoms. The predicted octanol–water partition coefficient (Wildman–Crippen LogP) is 2.65. The second-order valence-electron chi connectivity index (χ2n) is 4.82. The zero-order valence-electron chi connectivity index (χ0n) is 11.6. The zero-order chi connectivity index (χ0) is 15.7. The summed E-state index contributed by atoms with van der Waals surface area (Å²) in [6.07, 6.45) is 0.509. The van der Waals surface area contributed by atoms with Gasteiger partial charge in [0.05, 0.1) is 5.37 Å². The van der Waals surface area contributed by atoms with Crippen molar-refractivity contribution >= 4 is 23.6 Å². The molecule has 0 saturated carbocycles. The highest BCUT2D eigenvalue weighted by molar-refractivity contribution is 8.00. The van der Waals surface area contributed by atoms with Gasteiger partial charge in [-0.25, -0.2) is 13.6 Å². The van der Waals surface area contributed by atoms with Gasteiger partial charge in [0.1, 0.15) is 23.2 Å². The summed E-state index contributed by atoms with van der Waals surface area (Å²) < 4.78 is 27.9. The number of hydrogen-bond donors (Lipinski definition) is 1. The minimum absolute atomic E-state index is 0.145. The van der Waals surface area contributed by atoms with Gasteiger partial charge in [0.25, 0.3) is 5.91 Å². The fourth-order valence-electron chi connectivity index (χ4n) is 2.32. The molecule has 0 aromatic heterocycles. The molecule has 7 heteroatoms. The lowest BCUT2D eigenvalue weighted by molar-refractivity contribution is -0.141. The molecule has 0 radical (unpaired) electrons. The maximum absolute atomic E-state index is 14.1. The van der Waals surface area contributed by atoms with Gasteiger partial charge < -0.3 is 10.0 Å². The molecule has 1 aliphatic heterocycles. The van der Waals surface area contributed by atoms with Crippen LogP contribution in [0.2, 0.25) is 0 Å². The van der Waals surface area contributed by atoms with Crippen LogP contribution in [0.25, 0.3) is 0 Å². The second kappa shape index (κ2) is 6.01. The Morgan fingerprint density at radius 1 is 1.43 bits per heavy atom. The fourth-order valence-corrected chi connectivity index (χ4v) is 3.67. The van der Waals surface area contributed by atoms with E-state index in [0.717, 1.165) is 11.0 Å². The van der Waals surface area contributed by atoms with Crippen LogP contribution >= 0.6 is 11.8 Å². The number of aliphatic carboxylic acids is 1. The van der Waals surface area contributed by atoms with Gasteiger partial charge in [-0.1, -0.05) is 13.0 Å². The van der Waals surface area contributed by atoms with E-state index in [2.05, 4.69) is 0 Å². The van der Waals surface area contributed by atoms with Crippen molar-refractivity contribution in [3.8, 4) is 0 Å². The van der Waals surface area contributed by atoms with E-state index in [1.54, 1.807) is 6.92 Å².